The fraction of sp³-hybridized carbons (Fsp3) is 0.333. The molecule has 7 nitrogen and oxygen atoms in total. The van der Waals surface area contributed by atoms with Gasteiger partial charge in [-0.05, 0) is 62.6 Å². The summed E-state index contributed by atoms with van der Waals surface area (Å²) in [4.78, 5) is 28.5. The summed E-state index contributed by atoms with van der Waals surface area (Å²) in [5.41, 5.74) is 2.74. The Morgan fingerprint density at radius 1 is 0.974 bits per heavy atom. The highest BCUT2D eigenvalue weighted by atomic mass is 35.5. The van der Waals surface area contributed by atoms with Crippen molar-refractivity contribution in [1.29, 1.82) is 0 Å². The first-order valence-electron chi connectivity index (χ1n) is 13.0. The molecule has 3 aromatic carbocycles. The number of unbranched alkanes of at least 4 members (excludes halogenated alkanes) is 1. The Morgan fingerprint density at radius 3 is 2.28 bits per heavy atom. The smallest absolute Gasteiger partial charge is 0.264 e. The van der Waals surface area contributed by atoms with E-state index in [0.29, 0.717) is 28.4 Å². The van der Waals surface area contributed by atoms with Crippen LogP contribution in [0.2, 0.25) is 5.02 Å². The highest BCUT2D eigenvalue weighted by Gasteiger charge is 2.33. The molecule has 208 valence electrons. The van der Waals surface area contributed by atoms with Crippen molar-refractivity contribution in [1.82, 2.24) is 10.2 Å². The SMILES string of the molecule is CCCCNC(=O)C(C)N(Cc1ccccc1Cl)C(=O)CN(c1ccc(C)cc1C)S(=O)(=O)c1ccccc1. The van der Waals surface area contributed by atoms with E-state index in [2.05, 4.69) is 5.32 Å². The normalized spacial score (nSPS) is 12.0. The molecule has 0 radical (unpaired) electrons. The van der Waals surface area contributed by atoms with E-state index in [-0.39, 0.29) is 17.3 Å². The first-order chi connectivity index (χ1) is 18.6. The predicted molar refractivity (Wildman–Crippen MR) is 156 cm³/mol. The topological polar surface area (TPSA) is 86.8 Å². The van der Waals surface area contributed by atoms with Crippen LogP contribution in [0.4, 0.5) is 5.69 Å². The molecule has 1 unspecified atom stereocenters. The van der Waals surface area contributed by atoms with Crippen LogP contribution in [0, 0.1) is 13.8 Å². The second-order valence-corrected chi connectivity index (χ2v) is 11.8. The molecular weight excluding hydrogens is 534 g/mol. The number of carbonyl (C=O) groups is 2. The number of nitrogens with zero attached hydrogens (tertiary/aromatic N) is 2. The van der Waals surface area contributed by atoms with Crippen LogP contribution in [0.1, 0.15) is 43.4 Å². The van der Waals surface area contributed by atoms with Crippen LogP contribution in [-0.2, 0) is 26.2 Å². The van der Waals surface area contributed by atoms with Crippen molar-refractivity contribution in [3.05, 3.63) is 94.5 Å². The molecule has 0 bridgehead atoms. The zero-order valence-corrected chi connectivity index (χ0v) is 24.4. The third kappa shape index (κ3) is 7.61. The third-order valence-corrected chi connectivity index (χ3v) is 8.67. The van der Waals surface area contributed by atoms with Crippen molar-refractivity contribution in [3.8, 4) is 0 Å². The summed E-state index contributed by atoms with van der Waals surface area (Å²) in [7, 11) is -4.10. The van der Waals surface area contributed by atoms with Gasteiger partial charge in [0.05, 0.1) is 10.6 Å². The first-order valence-corrected chi connectivity index (χ1v) is 14.8. The molecule has 0 aliphatic heterocycles. The standard InChI is InChI=1S/C30H36ClN3O4S/c1-5-6-18-32-30(36)24(4)33(20-25-12-10-11-15-27(25)31)29(35)21-34(28-17-16-22(2)19-23(28)3)39(37,38)26-13-8-7-9-14-26/h7-17,19,24H,5-6,18,20-21H2,1-4H3,(H,32,36). The number of benzene rings is 3. The predicted octanol–water partition coefficient (Wildman–Crippen LogP) is 5.49. The number of carbonyl (C=O) groups excluding carboxylic acids is 2. The van der Waals surface area contributed by atoms with E-state index in [1.54, 1.807) is 55.5 Å². The quantitative estimate of drug-likeness (QED) is 0.292. The lowest BCUT2D eigenvalue weighted by Gasteiger charge is -2.32. The minimum atomic E-state index is -4.10. The minimum absolute atomic E-state index is 0.0486. The molecule has 0 aromatic heterocycles. The lowest BCUT2D eigenvalue weighted by atomic mass is 10.1. The van der Waals surface area contributed by atoms with Gasteiger partial charge in [0.25, 0.3) is 10.0 Å². The average Bonchev–Trinajstić information content (AvgIpc) is 2.91. The van der Waals surface area contributed by atoms with Crippen LogP contribution in [0.15, 0.2) is 77.7 Å². The molecule has 3 rings (SSSR count). The van der Waals surface area contributed by atoms with E-state index in [1.807, 2.05) is 32.9 Å². The van der Waals surface area contributed by atoms with Gasteiger partial charge in [0.15, 0.2) is 0 Å². The molecule has 0 aliphatic carbocycles. The molecular formula is C30H36ClN3O4S. The lowest BCUT2D eigenvalue weighted by Crippen LogP contribution is -2.51. The molecule has 0 saturated carbocycles. The van der Waals surface area contributed by atoms with E-state index in [9.17, 15) is 18.0 Å². The summed E-state index contributed by atoms with van der Waals surface area (Å²) in [6, 6.07) is 19.6. The largest absolute Gasteiger partial charge is 0.354 e. The van der Waals surface area contributed by atoms with Gasteiger partial charge >= 0.3 is 0 Å². The van der Waals surface area contributed by atoms with Crippen molar-refractivity contribution >= 4 is 39.1 Å². The summed E-state index contributed by atoms with van der Waals surface area (Å²) >= 11 is 6.40. The lowest BCUT2D eigenvalue weighted by molar-refractivity contribution is -0.139. The highest BCUT2D eigenvalue weighted by Crippen LogP contribution is 2.28. The van der Waals surface area contributed by atoms with Crippen LogP contribution in [-0.4, -0.2) is 44.3 Å². The van der Waals surface area contributed by atoms with Crippen LogP contribution in [0.25, 0.3) is 0 Å². The third-order valence-electron chi connectivity index (χ3n) is 6.53. The van der Waals surface area contributed by atoms with E-state index in [1.165, 1.54) is 17.0 Å². The fourth-order valence-electron chi connectivity index (χ4n) is 4.25. The number of hydrogen-bond acceptors (Lipinski definition) is 4. The van der Waals surface area contributed by atoms with E-state index >= 15 is 0 Å². The van der Waals surface area contributed by atoms with Crippen LogP contribution >= 0.6 is 11.6 Å². The summed E-state index contributed by atoms with van der Waals surface area (Å²) in [6.07, 6.45) is 1.73. The highest BCUT2D eigenvalue weighted by molar-refractivity contribution is 7.92. The molecule has 1 atom stereocenters. The van der Waals surface area contributed by atoms with Crippen molar-refractivity contribution < 1.29 is 18.0 Å². The summed E-state index contributed by atoms with van der Waals surface area (Å²) in [5, 5.41) is 3.33. The average molecular weight is 570 g/mol. The van der Waals surface area contributed by atoms with Crippen molar-refractivity contribution in [3.63, 3.8) is 0 Å². The Kier molecular flexibility index (Phi) is 10.5. The van der Waals surface area contributed by atoms with E-state index in [4.69, 9.17) is 11.6 Å². The van der Waals surface area contributed by atoms with Gasteiger partial charge in [0, 0.05) is 18.1 Å². The molecule has 0 fully saturated rings. The molecule has 3 aromatic rings. The summed E-state index contributed by atoms with van der Waals surface area (Å²) < 4.78 is 28.9. The molecule has 0 saturated heterocycles. The van der Waals surface area contributed by atoms with Crippen molar-refractivity contribution in [2.24, 2.45) is 0 Å². The number of hydrogen-bond donors (Lipinski definition) is 1. The zero-order valence-electron chi connectivity index (χ0n) is 22.9. The zero-order chi connectivity index (χ0) is 28.6. The van der Waals surface area contributed by atoms with Gasteiger partial charge in [-0.2, -0.15) is 0 Å². The minimum Gasteiger partial charge on any atom is -0.354 e. The Morgan fingerprint density at radius 2 is 1.64 bits per heavy atom. The first kappa shape index (κ1) is 30.2. The van der Waals surface area contributed by atoms with Gasteiger partial charge in [0.2, 0.25) is 11.8 Å². The number of sulfonamides is 1. The van der Waals surface area contributed by atoms with Gasteiger partial charge < -0.3 is 10.2 Å². The number of amides is 2. The Hall–Kier alpha value is -3.36. The van der Waals surface area contributed by atoms with Gasteiger partial charge in [-0.25, -0.2) is 8.42 Å². The van der Waals surface area contributed by atoms with Gasteiger partial charge in [-0.15, -0.1) is 0 Å². The number of aryl methyl sites for hydroxylation is 2. The maximum Gasteiger partial charge on any atom is 0.264 e. The second kappa shape index (κ2) is 13.6. The molecule has 0 aliphatic rings. The van der Waals surface area contributed by atoms with Gasteiger partial charge in [-0.1, -0.05) is 79.0 Å². The van der Waals surface area contributed by atoms with E-state index in [0.717, 1.165) is 22.7 Å². The molecule has 2 amide bonds. The van der Waals surface area contributed by atoms with Crippen LogP contribution in [0.3, 0.4) is 0 Å². The molecule has 0 heterocycles. The fourth-order valence-corrected chi connectivity index (χ4v) is 5.94. The van der Waals surface area contributed by atoms with Gasteiger partial charge in [0.1, 0.15) is 12.6 Å². The van der Waals surface area contributed by atoms with E-state index < -0.39 is 28.5 Å². The maximum atomic E-state index is 14.0. The molecule has 1 N–H and O–H groups in total. The number of nitrogens with one attached hydrogen (secondary N) is 1. The molecule has 9 heteroatoms. The van der Waals surface area contributed by atoms with Crippen LogP contribution < -0.4 is 9.62 Å². The van der Waals surface area contributed by atoms with Crippen molar-refractivity contribution in [2.75, 3.05) is 17.4 Å². The Balaban J connectivity index is 2.03. The Labute approximate surface area is 236 Å². The van der Waals surface area contributed by atoms with Crippen molar-refractivity contribution in [2.45, 2.75) is 58.0 Å². The summed E-state index contributed by atoms with van der Waals surface area (Å²) in [5.74, 6) is -0.833. The van der Waals surface area contributed by atoms with Crippen LogP contribution in [0.5, 0.6) is 0 Å². The van der Waals surface area contributed by atoms with Gasteiger partial charge in [-0.3, -0.25) is 13.9 Å². The molecule has 39 heavy (non-hydrogen) atoms. The number of anilines is 1. The molecule has 0 spiro atoms. The second-order valence-electron chi connectivity index (χ2n) is 9.55. The summed E-state index contributed by atoms with van der Waals surface area (Å²) in [6.45, 7) is 7.45. The maximum absolute atomic E-state index is 14.0. The monoisotopic (exact) mass is 569 g/mol. The Bertz CT molecular complexity index is 1400. The number of halogens is 1. The number of rotatable bonds is 12.